The second-order valence-electron chi connectivity index (χ2n) is 6.90. The Morgan fingerprint density at radius 2 is 2.08 bits per heavy atom. The Hall–Kier alpha value is -2.21. The maximum atomic E-state index is 12.9. The van der Waals surface area contributed by atoms with Gasteiger partial charge in [-0.05, 0) is 44.7 Å². The Morgan fingerprint density at radius 1 is 1.24 bits per heavy atom. The number of ether oxygens (including phenoxy) is 1. The molecule has 0 N–H and O–H groups in total. The van der Waals surface area contributed by atoms with E-state index in [0.717, 1.165) is 62.4 Å². The van der Waals surface area contributed by atoms with Gasteiger partial charge in [-0.15, -0.1) is 0 Å². The molecule has 2 aliphatic rings. The Morgan fingerprint density at radius 3 is 2.88 bits per heavy atom. The molecule has 6 nitrogen and oxygen atoms in total. The van der Waals surface area contributed by atoms with Gasteiger partial charge in [-0.2, -0.15) is 4.98 Å². The van der Waals surface area contributed by atoms with Crippen molar-refractivity contribution in [3.8, 4) is 0 Å². The molecule has 0 aliphatic carbocycles. The van der Waals surface area contributed by atoms with Crippen LogP contribution in [0.15, 0.2) is 28.8 Å². The van der Waals surface area contributed by atoms with Gasteiger partial charge in [0.25, 0.3) is 5.91 Å². The Labute approximate surface area is 147 Å². The van der Waals surface area contributed by atoms with Crippen molar-refractivity contribution in [2.45, 2.75) is 44.6 Å². The standard InChI is InChI=1S/C19H23N3O3/c1-13-4-2-5-15(12-13)19(23)22-9-3-6-16(22)18-20-17(21-25-18)14-7-10-24-11-8-14/h2,4-5,12,14,16H,3,6-11H2,1H3. The van der Waals surface area contributed by atoms with Gasteiger partial charge in [0.15, 0.2) is 5.82 Å². The monoisotopic (exact) mass is 341 g/mol. The lowest BCUT2D eigenvalue weighted by molar-refractivity contribution is 0.0709. The van der Waals surface area contributed by atoms with Crippen LogP contribution in [0.1, 0.15) is 65.3 Å². The van der Waals surface area contributed by atoms with E-state index in [9.17, 15) is 4.79 Å². The SMILES string of the molecule is Cc1cccc(C(=O)N2CCCC2c2nc(C3CCOCC3)no2)c1. The number of amides is 1. The molecule has 0 bridgehead atoms. The minimum Gasteiger partial charge on any atom is -0.381 e. The zero-order valence-electron chi connectivity index (χ0n) is 14.5. The number of aromatic nitrogens is 2. The van der Waals surface area contributed by atoms with Crippen LogP contribution >= 0.6 is 0 Å². The third kappa shape index (κ3) is 3.31. The molecule has 132 valence electrons. The molecule has 1 amide bonds. The number of hydrogen-bond donors (Lipinski definition) is 0. The summed E-state index contributed by atoms with van der Waals surface area (Å²) in [5.41, 5.74) is 1.80. The number of benzene rings is 1. The molecular formula is C19H23N3O3. The molecule has 0 saturated carbocycles. The fraction of sp³-hybridized carbons (Fsp3) is 0.526. The van der Waals surface area contributed by atoms with E-state index in [1.54, 1.807) is 0 Å². The van der Waals surface area contributed by atoms with Gasteiger partial charge < -0.3 is 14.2 Å². The number of rotatable bonds is 3. The third-order valence-corrected chi connectivity index (χ3v) is 5.11. The van der Waals surface area contributed by atoms with E-state index in [1.165, 1.54) is 0 Å². The molecule has 2 aromatic rings. The van der Waals surface area contributed by atoms with E-state index >= 15 is 0 Å². The van der Waals surface area contributed by atoms with E-state index in [2.05, 4.69) is 10.1 Å². The number of hydrogen-bond acceptors (Lipinski definition) is 5. The molecular weight excluding hydrogens is 318 g/mol. The van der Waals surface area contributed by atoms with Gasteiger partial charge >= 0.3 is 0 Å². The van der Waals surface area contributed by atoms with Crippen LogP contribution in [0.2, 0.25) is 0 Å². The average molecular weight is 341 g/mol. The van der Waals surface area contributed by atoms with Crippen molar-refractivity contribution in [1.82, 2.24) is 15.0 Å². The molecule has 2 aliphatic heterocycles. The van der Waals surface area contributed by atoms with E-state index < -0.39 is 0 Å². The molecule has 1 unspecified atom stereocenters. The van der Waals surface area contributed by atoms with Gasteiger partial charge in [-0.25, -0.2) is 0 Å². The van der Waals surface area contributed by atoms with Crippen molar-refractivity contribution >= 4 is 5.91 Å². The molecule has 25 heavy (non-hydrogen) atoms. The summed E-state index contributed by atoms with van der Waals surface area (Å²) in [7, 11) is 0. The van der Waals surface area contributed by atoms with Gasteiger partial charge in [0.1, 0.15) is 6.04 Å². The maximum Gasteiger partial charge on any atom is 0.254 e. The second-order valence-corrected chi connectivity index (χ2v) is 6.90. The van der Waals surface area contributed by atoms with Crippen molar-refractivity contribution < 1.29 is 14.1 Å². The number of likely N-dealkylation sites (tertiary alicyclic amines) is 1. The summed E-state index contributed by atoms with van der Waals surface area (Å²) in [5, 5.41) is 4.19. The number of aryl methyl sites for hydroxylation is 1. The number of nitrogens with zero attached hydrogens (tertiary/aromatic N) is 3. The molecule has 1 atom stereocenters. The minimum atomic E-state index is -0.117. The Bertz CT molecular complexity index is 752. The van der Waals surface area contributed by atoms with Gasteiger partial charge in [0.05, 0.1) is 0 Å². The average Bonchev–Trinajstić information content (AvgIpc) is 3.31. The van der Waals surface area contributed by atoms with E-state index in [0.29, 0.717) is 11.8 Å². The molecule has 1 aromatic carbocycles. The quantitative estimate of drug-likeness (QED) is 0.857. The molecule has 0 spiro atoms. The number of carbonyl (C=O) groups is 1. The molecule has 0 radical (unpaired) electrons. The predicted octanol–water partition coefficient (Wildman–Crippen LogP) is 3.25. The summed E-state index contributed by atoms with van der Waals surface area (Å²) in [5.74, 6) is 1.67. The first kappa shape index (κ1) is 16.3. The first-order valence-corrected chi connectivity index (χ1v) is 9.01. The lowest BCUT2D eigenvalue weighted by Crippen LogP contribution is -2.30. The maximum absolute atomic E-state index is 12.9. The van der Waals surface area contributed by atoms with Crippen LogP contribution in [-0.4, -0.2) is 40.7 Å². The van der Waals surface area contributed by atoms with Crippen molar-refractivity contribution in [2.75, 3.05) is 19.8 Å². The summed E-state index contributed by atoms with van der Waals surface area (Å²) in [4.78, 5) is 19.4. The van der Waals surface area contributed by atoms with Crippen LogP contribution < -0.4 is 0 Å². The summed E-state index contributed by atoms with van der Waals surface area (Å²) in [6.07, 6.45) is 3.68. The largest absolute Gasteiger partial charge is 0.381 e. The Kier molecular flexibility index (Phi) is 4.53. The summed E-state index contributed by atoms with van der Waals surface area (Å²) >= 11 is 0. The fourth-order valence-corrected chi connectivity index (χ4v) is 3.71. The van der Waals surface area contributed by atoms with Gasteiger partial charge in [-0.3, -0.25) is 4.79 Å². The Balaban J connectivity index is 1.53. The van der Waals surface area contributed by atoms with E-state index in [-0.39, 0.29) is 11.9 Å². The molecule has 2 fully saturated rings. The van der Waals surface area contributed by atoms with Crippen LogP contribution in [0.25, 0.3) is 0 Å². The topological polar surface area (TPSA) is 68.5 Å². The lowest BCUT2D eigenvalue weighted by Gasteiger charge is -2.22. The van der Waals surface area contributed by atoms with Crippen molar-refractivity contribution in [1.29, 1.82) is 0 Å². The van der Waals surface area contributed by atoms with Crippen LogP contribution in [0, 0.1) is 6.92 Å². The van der Waals surface area contributed by atoms with E-state index in [1.807, 2.05) is 36.1 Å². The van der Waals surface area contributed by atoms with Crippen molar-refractivity contribution in [2.24, 2.45) is 0 Å². The smallest absolute Gasteiger partial charge is 0.254 e. The third-order valence-electron chi connectivity index (χ3n) is 5.11. The van der Waals surface area contributed by atoms with Gasteiger partial charge in [0, 0.05) is 31.2 Å². The van der Waals surface area contributed by atoms with Crippen LogP contribution in [-0.2, 0) is 4.74 Å². The normalized spacial score (nSPS) is 21.6. The fourth-order valence-electron chi connectivity index (χ4n) is 3.71. The molecule has 6 heteroatoms. The lowest BCUT2D eigenvalue weighted by atomic mass is 10.00. The van der Waals surface area contributed by atoms with Crippen molar-refractivity contribution in [3.05, 3.63) is 47.1 Å². The van der Waals surface area contributed by atoms with Gasteiger partial charge in [-0.1, -0.05) is 22.9 Å². The van der Waals surface area contributed by atoms with Gasteiger partial charge in [0.2, 0.25) is 5.89 Å². The highest BCUT2D eigenvalue weighted by Gasteiger charge is 2.35. The zero-order chi connectivity index (χ0) is 17.2. The minimum absolute atomic E-state index is 0.0389. The predicted molar refractivity (Wildman–Crippen MR) is 91.3 cm³/mol. The van der Waals surface area contributed by atoms with Crippen LogP contribution in [0.4, 0.5) is 0 Å². The van der Waals surface area contributed by atoms with E-state index in [4.69, 9.17) is 9.26 Å². The highest BCUT2D eigenvalue weighted by molar-refractivity contribution is 5.94. The first-order chi connectivity index (χ1) is 12.2. The summed E-state index contributed by atoms with van der Waals surface area (Å²) in [6, 6.07) is 7.60. The molecule has 2 saturated heterocycles. The van der Waals surface area contributed by atoms with Crippen molar-refractivity contribution in [3.63, 3.8) is 0 Å². The van der Waals surface area contributed by atoms with Crippen LogP contribution in [0.5, 0.6) is 0 Å². The number of carbonyl (C=O) groups excluding carboxylic acids is 1. The summed E-state index contributed by atoms with van der Waals surface area (Å²) < 4.78 is 10.9. The highest BCUT2D eigenvalue weighted by Crippen LogP contribution is 2.34. The second kappa shape index (κ2) is 6.96. The molecule has 3 heterocycles. The first-order valence-electron chi connectivity index (χ1n) is 9.01. The summed E-state index contributed by atoms with van der Waals surface area (Å²) in [6.45, 7) is 4.22. The molecule has 1 aromatic heterocycles. The zero-order valence-corrected chi connectivity index (χ0v) is 14.5. The highest BCUT2D eigenvalue weighted by atomic mass is 16.5. The van der Waals surface area contributed by atoms with Crippen LogP contribution in [0.3, 0.4) is 0 Å². The molecule has 4 rings (SSSR count).